The summed E-state index contributed by atoms with van der Waals surface area (Å²) in [6.45, 7) is 1.86. The van der Waals surface area contributed by atoms with Crippen molar-refractivity contribution in [2.24, 2.45) is 0 Å². The highest BCUT2D eigenvalue weighted by Gasteiger charge is 2.34. The largest absolute Gasteiger partial charge is 0.493 e. The number of carboxylic acid groups (broad SMARTS) is 1. The number of nitrogens with zero attached hydrogens (tertiary/aromatic N) is 1. The average molecular weight is 364 g/mol. The Morgan fingerprint density at radius 3 is 2.58 bits per heavy atom. The Labute approximate surface area is 149 Å². The second-order valence-corrected chi connectivity index (χ2v) is 5.26. The smallest absolute Gasteiger partial charge is 0.290 e. The van der Waals surface area contributed by atoms with E-state index >= 15 is 0 Å². The highest BCUT2D eigenvalue weighted by molar-refractivity contribution is 6.07. The first kappa shape index (κ1) is 20.8. The van der Waals surface area contributed by atoms with E-state index in [0.29, 0.717) is 18.6 Å². The number of piperidine rings is 1. The molecule has 2 N–H and O–H groups in total. The first-order chi connectivity index (χ1) is 12.4. The van der Waals surface area contributed by atoms with Gasteiger partial charge in [-0.15, -0.1) is 0 Å². The number of nitrogens with one attached hydrogen (secondary N) is 1. The number of likely N-dealkylation sites (N-methyl/N-ethyl adjacent to an activating group) is 1. The maximum absolute atomic E-state index is 12.8. The fourth-order valence-corrected chi connectivity index (χ4v) is 2.52. The number of ether oxygens (including phenoxy) is 1. The zero-order chi connectivity index (χ0) is 19.7. The predicted molar refractivity (Wildman–Crippen MR) is 90.0 cm³/mol. The molecular weight excluding hydrogens is 344 g/mol. The van der Waals surface area contributed by atoms with E-state index in [9.17, 15) is 19.2 Å². The topological polar surface area (TPSA) is 130 Å². The zero-order valence-electron chi connectivity index (χ0n) is 14.4. The van der Waals surface area contributed by atoms with Gasteiger partial charge in [0.05, 0.1) is 12.2 Å². The van der Waals surface area contributed by atoms with E-state index in [1.807, 2.05) is 0 Å². The zero-order valence-corrected chi connectivity index (χ0v) is 14.4. The van der Waals surface area contributed by atoms with Gasteiger partial charge in [0.1, 0.15) is 11.8 Å². The number of hydrogen-bond donors (Lipinski definition) is 2. The van der Waals surface area contributed by atoms with Crippen LogP contribution in [0.5, 0.6) is 5.75 Å². The minimum absolute atomic E-state index is 0.122. The number of carbonyl (C=O) groups is 5. The molecule has 1 unspecified atom stereocenters. The third-order valence-corrected chi connectivity index (χ3v) is 3.70. The Morgan fingerprint density at radius 1 is 1.38 bits per heavy atom. The predicted octanol–water partition coefficient (Wildman–Crippen LogP) is 0.476. The Bertz CT molecular complexity index is 702. The van der Waals surface area contributed by atoms with Crippen LogP contribution in [0.1, 0.15) is 40.5 Å². The van der Waals surface area contributed by atoms with Crippen molar-refractivity contribution in [3.05, 3.63) is 29.3 Å². The molecule has 0 aromatic heterocycles. The van der Waals surface area contributed by atoms with E-state index in [1.165, 1.54) is 18.0 Å². The van der Waals surface area contributed by atoms with E-state index in [2.05, 4.69) is 5.32 Å². The van der Waals surface area contributed by atoms with Crippen molar-refractivity contribution < 1.29 is 33.8 Å². The lowest BCUT2D eigenvalue weighted by Crippen LogP contribution is -2.53. The second kappa shape index (κ2) is 9.92. The SMILES string of the molecule is CCOc1cccc(C=O)c1C(=O)N(C)C1CCC(=O)NC1=O.O=CO. The molecule has 1 aliphatic heterocycles. The van der Waals surface area contributed by atoms with Crippen molar-refractivity contribution in [2.45, 2.75) is 25.8 Å². The Kier molecular flexibility index (Phi) is 7.94. The molecule has 0 aliphatic carbocycles. The van der Waals surface area contributed by atoms with Crippen molar-refractivity contribution in [1.82, 2.24) is 10.2 Å². The molecule has 0 radical (unpaired) electrons. The molecule has 1 atom stereocenters. The number of aldehydes is 1. The Hall–Kier alpha value is -3.23. The monoisotopic (exact) mass is 364 g/mol. The summed E-state index contributed by atoms with van der Waals surface area (Å²) in [5, 5.41) is 9.10. The van der Waals surface area contributed by atoms with Gasteiger partial charge in [-0.1, -0.05) is 12.1 Å². The van der Waals surface area contributed by atoms with Crippen molar-refractivity contribution in [3.8, 4) is 5.75 Å². The lowest BCUT2D eigenvalue weighted by Gasteiger charge is -2.30. The molecule has 140 valence electrons. The maximum atomic E-state index is 12.8. The van der Waals surface area contributed by atoms with Gasteiger partial charge in [-0.2, -0.15) is 0 Å². The molecular formula is C17H20N2O7. The van der Waals surface area contributed by atoms with E-state index in [0.717, 1.165) is 0 Å². The third kappa shape index (κ3) is 4.88. The standard InChI is InChI=1S/C16H18N2O5.CH2O2/c1-3-23-12-6-4-5-10(9-19)14(12)16(22)18(2)11-7-8-13(20)17-15(11)21;2-1-3/h4-6,9,11H,3,7-8H2,1-2H3,(H,17,20,21);1H,(H,2,3). The summed E-state index contributed by atoms with van der Waals surface area (Å²) >= 11 is 0. The average Bonchev–Trinajstić information content (AvgIpc) is 2.61. The normalized spacial score (nSPS) is 15.8. The van der Waals surface area contributed by atoms with Crippen molar-refractivity contribution in [2.75, 3.05) is 13.7 Å². The number of hydrogen-bond acceptors (Lipinski definition) is 6. The van der Waals surface area contributed by atoms with Gasteiger partial charge in [0.15, 0.2) is 6.29 Å². The molecule has 1 aliphatic rings. The van der Waals surface area contributed by atoms with Crippen LogP contribution >= 0.6 is 0 Å². The van der Waals surface area contributed by atoms with Crippen LogP contribution in [0.2, 0.25) is 0 Å². The van der Waals surface area contributed by atoms with Gasteiger partial charge in [-0.05, 0) is 19.4 Å². The number of carbonyl (C=O) groups excluding carboxylic acids is 4. The minimum atomic E-state index is -0.755. The van der Waals surface area contributed by atoms with E-state index in [-0.39, 0.29) is 36.3 Å². The van der Waals surface area contributed by atoms with Crippen LogP contribution in [0, 0.1) is 0 Å². The summed E-state index contributed by atoms with van der Waals surface area (Å²) in [5.41, 5.74) is 0.316. The van der Waals surface area contributed by atoms with Gasteiger partial charge < -0.3 is 14.7 Å². The molecule has 0 spiro atoms. The molecule has 2 rings (SSSR count). The summed E-state index contributed by atoms with van der Waals surface area (Å²) in [7, 11) is 1.47. The van der Waals surface area contributed by atoms with Crippen LogP contribution in [-0.2, 0) is 14.4 Å². The molecule has 1 aromatic carbocycles. The van der Waals surface area contributed by atoms with Gasteiger partial charge in [-0.25, -0.2) is 0 Å². The van der Waals surface area contributed by atoms with Crippen LogP contribution in [0.25, 0.3) is 0 Å². The number of rotatable bonds is 5. The van der Waals surface area contributed by atoms with Crippen LogP contribution in [0.4, 0.5) is 0 Å². The first-order valence-corrected chi connectivity index (χ1v) is 7.80. The summed E-state index contributed by atoms with van der Waals surface area (Å²) < 4.78 is 5.42. The molecule has 1 saturated heterocycles. The Balaban J connectivity index is 0.00000105. The maximum Gasteiger partial charge on any atom is 0.290 e. The molecule has 3 amide bonds. The summed E-state index contributed by atoms with van der Waals surface area (Å²) in [6, 6.07) is 3.98. The van der Waals surface area contributed by atoms with Gasteiger partial charge in [0.2, 0.25) is 11.8 Å². The van der Waals surface area contributed by atoms with E-state index < -0.39 is 17.9 Å². The molecule has 1 aromatic rings. The second-order valence-electron chi connectivity index (χ2n) is 5.26. The van der Waals surface area contributed by atoms with Gasteiger partial charge in [0.25, 0.3) is 12.4 Å². The summed E-state index contributed by atoms with van der Waals surface area (Å²) in [5.74, 6) is -1.07. The molecule has 26 heavy (non-hydrogen) atoms. The fraction of sp³-hybridized carbons (Fsp3) is 0.353. The van der Waals surface area contributed by atoms with Crippen LogP contribution in [-0.4, -0.2) is 60.2 Å². The van der Waals surface area contributed by atoms with Gasteiger partial charge in [-0.3, -0.25) is 29.3 Å². The van der Waals surface area contributed by atoms with Gasteiger partial charge in [0, 0.05) is 19.0 Å². The highest BCUT2D eigenvalue weighted by Crippen LogP contribution is 2.25. The molecule has 0 saturated carbocycles. The van der Waals surface area contributed by atoms with E-state index in [4.69, 9.17) is 14.6 Å². The van der Waals surface area contributed by atoms with Crippen LogP contribution in [0.3, 0.4) is 0 Å². The molecule has 9 heteroatoms. The molecule has 1 fully saturated rings. The molecule has 9 nitrogen and oxygen atoms in total. The number of amides is 3. The quantitative estimate of drug-likeness (QED) is 0.574. The molecule has 0 bridgehead atoms. The molecule has 1 heterocycles. The summed E-state index contributed by atoms with van der Waals surface area (Å²) in [6.07, 6.45) is 0.996. The van der Waals surface area contributed by atoms with Crippen molar-refractivity contribution >= 4 is 30.5 Å². The third-order valence-electron chi connectivity index (χ3n) is 3.70. The van der Waals surface area contributed by atoms with Crippen LogP contribution < -0.4 is 10.1 Å². The van der Waals surface area contributed by atoms with Crippen molar-refractivity contribution in [1.29, 1.82) is 0 Å². The highest BCUT2D eigenvalue weighted by atomic mass is 16.5. The first-order valence-electron chi connectivity index (χ1n) is 7.80. The lowest BCUT2D eigenvalue weighted by molar-refractivity contribution is -0.136. The number of imide groups is 1. The van der Waals surface area contributed by atoms with Gasteiger partial charge >= 0.3 is 0 Å². The van der Waals surface area contributed by atoms with Crippen LogP contribution in [0.15, 0.2) is 18.2 Å². The Morgan fingerprint density at radius 2 is 2.04 bits per heavy atom. The fourth-order valence-electron chi connectivity index (χ4n) is 2.52. The number of benzene rings is 1. The summed E-state index contributed by atoms with van der Waals surface area (Å²) in [4.78, 5) is 56.8. The lowest BCUT2D eigenvalue weighted by atomic mass is 10.0. The minimum Gasteiger partial charge on any atom is -0.493 e. The van der Waals surface area contributed by atoms with E-state index in [1.54, 1.807) is 19.1 Å². The van der Waals surface area contributed by atoms with Crippen molar-refractivity contribution in [3.63, 3.8) is 0 Å².